The highest BCUT2D eigenvalue weighted by atomic mass is 32.1. The van der Waals surface area contributed by atoms with Gasteiger partial charge in [0.1, 0.15) is 10.8 Å². The molecule has 7 nitrogen and oxygen atoms in total. The molecule has 0 saturated carbocycles. The number of hydrogen-bond donors (Lipinski definition) is 2. The molecule has 0 bridgehead atoms. The molecule has 0 radical (unpaired) electrons. The summed E-state index contributed by atoms with van der Waals surface area (Å²) in [6.07, 6.45) is 3.78. The molecule has 2 aromatic rings. The normalized spacial score (nSPS) is 15.5. The number of hydrazone groups is 1. The van der Waals surface area contributed by atoms with Gasteiger partial charge in [-0.15, -0.1) is 11.3 Å². The molecule has 3 rings (SSSR count). The van der Waals surface area contributed by atoms with Gasteiger partial charge in [-0.25, -0.2) is 14.6 Å². The third-order valence-corrected chi connectivity index (χ3v) is 5.84. The summed E-state index contributed by atoms with van der Waals surface area (Å²) in [5.41, 5.74) is 3.90. The number of fused-ring (bicyclic) bond motifs is 1. The molecule has 1 aliphatic carbocycles. The second kappa shape index (κ2) is 9.62. The quantitative estimate of drug-likeness (QED) is 0.329. The summed E-state index contributed by atoms with van der Waals surface area (Å²) >= 11 is 1.30. The molecular formula is C21H22FN3O4S. The zero-order valence-corrected chi connectivity index (χ0v) is 17.5. The van der Waals surface area contributed by atoms with E-state index < -0.39 is 17.8 Å². The lowest BCUT2D eigenvalue weighted by molar-refractivity contribution is -0.136. The fourth-order valence-electron chi connectivity index (χ4n) is 3.18. The van der Waals surface area contributed by atoms with Crippen LogP contribution in [0.3, 0.4) is 0 Å². The Bertz CT molecular complexity index is 985. The first kappa shape index (κ1) is 21.6. The predicted octanol–water partition coefficient (Wildman–Crippen LogP) is 3.28. The van der Waals surface area contributed by atoms with Crippen LogP contribution in [0.5, 0.6) is 0 Å². The molecule has 2 N–H and O–H groups in total. The zero-order chi connectivity index (χ0) is 21.7. The van der Waals surface area contributed by atoms with Crippen molar-refractivity contribution in [2.45, 2.75) is 33.1 Å². The monoisotopic (exact) mass is 431 g/mol. The lowest BCUT2D eigenvalue weighted by Crippen LogP contribution is -2.32. The first-order chi connectivity index (χ1) is 14.4. The van der Waals surface area contributed by atoms with E-state index in [9.17, 15) is 18.8 Å². The van der Waals surface area contributed by atoms with Crippen LogP contribution in [0.1, 0.15) is 46.6 Å². The van der Waals surface area contributed by atoms with Gasteiger partial charge in [0.2, 0.25) is 0 Å². The number of carbonyl (C=O) groups excluding carboxylic acids is 3. The molecule has 9 heteroatoms. The number of nitrogens with one attached hydrogen (secondary N) is 2. The highest BCUT2D eigenvalue weighted by molar-refractivity contribution is 7.17. The van der Waals surface area contributed by atoms with Gasteiger partial charge in [-0.05, 0) is 55.4 Å². The smallest absolute Gasteiger partial charge is 0.341 e. The molecule has 0 saturated heterocycles. The largest absolute Gasteiger partial charge is 0.462 e. The minimum Gasteiger partial charge on any atom is -0.462 e. The number of anilines is 1. The third-order valence-electron chi connectivity index (χ3n) is 4.67. The van der Waals surface area contributed by atoms with Crippen LogP contribution < -0.4 is 10.7 Å². The van der Waals surface area contributed by atoms with Gasteiger partial charge in [-0.2, -0.15) is 5.10 Å². The Hall–Kier alpha value is -3.07. The van der Waals surface area contributed by atoms with E-state index in [0.29, 0.717) is 22.0 Å². The Balaban J connectivity index is 1.71. The number of esters is 1. The van der Waals surface area contributed by atoms with Crippen molar-refractivity contribution in [1.82, 2.24) is 5.43 Å². The first-order valence-corrected chi connectivity index (χ1v) is 10.4. The van der Waals surface area contributed by atoms with Crippen LogP contribution in [0.2, 0.25) is 0 Å². The molecule has 2 amide bonds. The Labute approximate surface area is 177 Å². The number of nitrogens with zero attached hydrogens (tertiary/aromatic N) is 1. The summed E-state index contributed by atoms with van der Waals surface area (Å²) in [6.45, 7) is 4.06. The minimum atomic E-state index is -0.983. The van der Waals surface area contributed by atoms with Crippen LogP contribution in [0.25, 0.3) is 0 Å². The van der Waals surface area contributed by atoms with Crippen LogP contribution in [0.15, 0.2) is 29.4 Å². The maximum absolute atomic E-state index is 12.9. The maximum atomic E-state index is 12.9. The molecule has 1 aliphatic rings. The predicted molar refractivity (Wildman–Crippen MR) is 112 cm³/mol. The molecule has 0 spiro atoms. The van der Waals surface area contributed by atoms with E-state index in [1.54, 1.807) is 6.92 Å². The average Bonchev–Trinajstić information content (AvgIpc) is 3.06. The summed E-state index contributed by atoms with van der Waals surface area (Å²) in [6, 6.07) is 5.47. The van der Waals surface area contributed by atoms with Crippen LogP contribution in [-0.4, -0.2) is 30.6 Å². The van der Waals surface area contributed by atoms with Crippen molar-refractivity contribution in [2.24, 2.45) is 11.0 Å². The van der Waals surface area contributed by atoms with Gasteiger partial charge in [-0.1, -0.05) is 19.1 Å². The second-order valence-corrected chi connectivity index (χ2v) is 8.09. The fourth-order valence-corrected chi connectivity index (χ4v) is 4.58. The molecule has 158 valence electrons. The van der Waals surface area contributed by atoms with Crippen LogP contribution in [0.4, 0.5) is 9.39 Å². The highest BCUT2D eigenvalue weighted by Crippen LogP contribution is 2.40. The maximum Gasteiger partial charge on any atom is 0.341 e. The number of amides is 2. The van der Waals surface area contributed by atoms with Crippen molar-refractivity contribution in [3.05, 3.63) is 51.7 Å². The SMILES string of the molecule is CCOC(=O)c1c(NC(=O)C(=O)N/N=C\c2ccc(F)cc2)sc2c1CC[C@H](C)C2. The minimum absolute atomic E-state index is 0.214. The number of rotatable bonds is 5. The molecule has 30 heavy (non-hydrogen) atoms. The van der Waals surface area contributed by atoms with Crippen molar-refractivity contribution in [1.29, 1.82) is 0 Å². The van der Waals surface area contributed by atoms with E-state index in [-0.39, 0.29) is 12.4 Å². The fraction of sp³-hybridized carbons (Fsp3) is 0.333. The van der Waals surface area contributed by atoms with E-state index in [1.165, 1.54) is 41.8 Å². The molecule has 1 aromatic carbocycles. The third kappa shape index (κ3) is 5.10. The molecule has 0 fully saturated rings. The second-order valence-electron chi connectivity index (χ2n) is 6.98. The molecular weight excluding hydrogens is 409 g/mol. The van der Waals surface area contributed by atoms with Gasteiger partial charge in [0, 0.05) is 4.88 Å². The van der Waals surface area contributed by atoms with Crippen molar-refractivity contribution < 1.29 is 23.5 Å². The van der Waals surface area contributed by atoms with E-state index in [4.69, 9.17) is 4.74 Å². The number of benzene rings is 1. The Kier molecular flexibility index (Phi) is 6.94. The lowest BCUT2D eigenvalue weighted by Gasteiger charge is -2.18. The topological polar surface area (TPSA) is 96.9 Å². The average molecular weight is 431 g/mol. The molecule has 1 atom stereocenters. The van der Waals surface area contributed by atoms with E-state index in [0.717, 1.165) is 29.7 Å². The van der Waals surface area contributed by atoms with Crippen molar-refractivity contribution in [3.63, 3.8) is 0 Å². The van der Waals surface area contributed by atoms with E-state index in [1.807, 2.05) is 0 Å². The van der Waals surface area contributed by atoms with Gasteiger partial charge in [0.15, 0.2) is 0 Å². The Morgan fingerprint density at radius 3 is 2.70 bits per heavy atom. The molecule has 0 unspecified atom stereocenters. The molecule has 1 aromatic heterocycles. The van der Waals surface area contributed by atoms with Crippen LogP contribution in [-0.2, 0) is 27.2 Å². The Morgan fingerprint density at radius 2 is 2.00 bits per heavy atom. The summed E-state index contributed by atoms with van der Waals surface area (Å²) < 4.78 is 18.0. The van der Waals surface area contributed by atoms with Gasteiger partial charge < -0.3 is 10.1 Å². The summed E-state index contributed by atoms with van der Waals surface area (Å²) in [5, 5.41) is 6.54. The standard InChI is InChI=1S/C21H22FN3O4S/c1-3-29-21(28)17-15-9-4-12(2)10-16(15)30-20(17)24-18(26)19(27)25-23-11-13-5-7-14(22)8-6-13/h5-8,11-12H,3-4,9-10H2,1-2H3,(H,24,26)(H,25,27)/b23-11-/t12-/m0/s1. The van der Waals surface area contributed by atoms with Crippen molar-refractivity contribution in [3.8, 4) is 0 Å². The number of carbonyl (C=O) groups is 3. The Morgan fingerprint density at radius 1 is 1.27 bits per heavy atom. The van der Waals surface area contributed by atoms with Gasteiger partial charge in [0.05, 0.1) is 18.4 Å². The van der Waals surface area contributed by atoms with Gasteiger partial charge in [0.25, 0.3) is 0 Å². The molecule has 0 aliphatic heterocycles. The van der Waals surface area contributed by atoms with Crippen molar-refractivity contribution in [2.75, 3.05) is 11.9 Å². The molecule has 1 heterocycles. The number of thiophene rings is 1. The summed E-state index contributed by atoms with van der Waals surface area (Å²) in [4.78, 5) is 37.9. The van der Waals surface area contributed by atoms with Crippen molar-refractivity contribution >= 4 is 40.3 Å². The van der Waals surface area contributed by atoms with Gasteiger partial charge >= 0.3 is 17.8 Å². The first-order valence-electron chi connectivity index (χ1n) is 9.60. The summed E-state index contributed by atoms with van der Waals surface area (Å²) in [7, 11) is 0. The lowest BCUT2D eigenvalue weighted by atomic mass is 9.88. The number of ether oxygens (including phenoxy) is 1. The van der Waals surface area contributed by atoms with E-state index in [2.05, 4.69) is 22.8 Å². The van der Waals surface area contributed by atoms with E-state index >= 15 is 0 Å². The number of hydrogen-bond acceptors (Lipinski definition) is 6. The van der Waals surface area contributed by atoms with Crippen LogP contribution in [0, 0.1) is 11.7 Å². The highest BCUT2D eigenvalue weighted by Gasteiger charge is 2.30. The zero-order valence-electron chi connectivity index (χ0n) is 16.7. The van der Waals surface area contributed by atoms with Gasteiger partial charge in [-0.3, -0.25) is 9.59 Å². The number of halogens is 1. The summed E-state index contributed by atoms with van der Waals surface area (Å²) in [5.74, 6) is -2.33. The van der Waals surface area contributed by atoms with Crippen LogP contribution >= 0.6 is 11.3 Å².